The number of hydrogen-bond donors (Lipinski definition) is 1. The number of fused-ring (bicyclic) bond motifs is 1. The Morgan fingerprint density at radius 2 is 1.78 bits per heavy atom. The highest BCUT2D eigenvalue weighted by atomic mass is 16.7. The molecule has 1 unspecified atom stereocenters. The number of carbonyl (C=O) groups excluding carboxylic acids is 1. The highest BCUT2D eigenvalue weighted by Gasteiger charge is 2.48. The van der Waals surface area contributed by atoms with E-state index in [-0.39, 0.29) is 25.2 Å². The number of hydrogen-bond acceptors (Lipinski definition) is 7. The molecule has 3 atom stereocenters. The van der Waals surface area contributed by atoms with E-state index in [1.807, 2.05) is 54.3 Å². The van der Waals surface area contributed by atoms with Crippen LogP contribution in [0.2, 0.25) is 0 Å². The van der Waals surface area contributed by atoms with Gasteiger partial charge in [0, 0.05) is 25.0 Å². The van der Waals surface area contributed by atoms with Crippen molar-refractivity contribution in [3.05, 3.63) is 53.6 Å². The zero-order valence-corrected chi connectivity index (χ0v) is 21.7. The Labute approximate surface area is 217 Å². The molecule has 9 nitrogen and oxygen atoms in total. The molecule has 0 aromatic heterocycles. The third kappa shape index (κ3) is 5.99. The van der Waals surface area contributed by atoms with Crippen LogP contribution >= 0.6 is 0 Å². The third-order valence-corrected chi connectivity index (χ3v) is 6.95. The van der Waals surface area contributed by atoms with E-state index >= 15 is 0 Å². The average Bonchev–Trinajstić information content (AvgIpc) is 3.53. The molecular weight excluding hydrogens is 476 g/mol. The molecule has 0 radical (unpaired) electrons. The Hall–Kier alpha value is -3.30. The van der Waals surface area contributed by atoms with E-state index in [2.05, 4.69) is 6.92 Å². The molecule has 4 rings (SSSR count). The number of unbranched alkanes of at least 4 members (excludes halogenated alkanes) is 1. The summed E-state index contributed by atoms with van der Waals surface area (Å²) in [5.74, 6) is -0.278. The minimum atomic E-state index is -0.913. The Kier molecular flexibility index (Phi) is 8.89. The van der Waals surface area contributed by atoms with E-state index in [0.717, 1.165) is 30.4 Å². The molecule has 1 fully saturated rings. The minimum Gasteiger partial charge on any atom is -0.497 e. The molecule has 9 heteroatoms. The van der Waals surface area contributed by atoms with Crippen molar-refractivity contribution in [1.82, 2.24) is 9.96 Å². The summed E-state index contributed by atoms with van der Waals surface area (Å²) in [6.07, 6.45) is 2.56. The van der Waals surface area contributed by atoms with E-state index in [1.165, 1.54) is 5.06 Å². The molecule has 2 heterocycles. The van der Waals surface area contributed by atoms with E-state index in [1.54, 1.807) is 7.11 Å². The summed E-state index contributed by atoms with van der Waals surface area (Å²) < 4.78 is 16.3. The molecule has 37 heavy (non-hydrogen) atoms. The Bertz CT molecular complexity index is 1070. The number of nitrogens with zero attached hydrogens (tertiary/aromatic N) is 2. The normalized spacial score (nSPS) is 20.7. The summed E-state index contributed by atoms with van der Waals surface area (Å²) in [5, 5.41) is 11.9. The molecule has 1 N–H and O–H groups in total. The van der Waals surface area contributed by atoms with Crippen LogP contribution in [-0.4, -0.2) is 67.1 Å². The fourth-order valence-electron chi connectivity index (χ4n) is 5.09. The zero-order chi connectivity index (χ0) is 26.4. The van der Waals surface area contributed by atoms with E-state index in [4.69, 9.17) is 19.0 Å². The molecule has 0 saturated carbocycles. The molecule has 200 valence electrons. The first-order valence-electron chi connectivity index (χ1n) is 12.9. The first-order chi connectivity index (χ1) is 18.0. The maximum Gasteiger partial charge on any atom is 0.309 e. The number of likely N-dealkylation sites (tertiary alicyclic amines) is 1. The lowest BCUT2D eigenvalue weighted by atomic mass is 9.82. The van der Waals surface area contributed by atoms with Gasteiger partial charge in [-0.1, -0.05) is 38.5 Å². The van der Waals surface area contributed by atoms with Gasteiger partial charge in [-0.2, -0.15) is 0 Å². The highest BCUT2D eigenvalue weighted by Crippen LogP contribution is 2.47. The first-order valence-corrected chi connectivity index (χ1v) is 12.9. The van der Waals surface area contributed by atoms with Crippen LogP contribution in [-0.2, 0) is 14.4 Å². The van der Waals surface area contributed by atoms with Crippen molar-refractivity contribution in [2.45, 2.75) is 45.1 Å². The average molecular weight is 513 g/mol. The maximum atomic E-state index is 13.4. The van der Waals surface area contributed by atoms with Crippen molar-refractivity contribution in [2.24, 2.45) is 5.92 Å². The van der Waals surface area contributed by atoms with Crippen molar-refractivity contribution in [2.75, 3.05) is 40.1 Å². The summed E-state index contributed by atoms with van der Waals surface area (Å²) in [6, 6.07) is 12.4. The SMILES string of the molecule is CCCCN(OCCC)C(=O)CN1CC(c2ccc3c(c2)OCO3)[C@H](C(=O)O)[C@H]1c1ccc(OC)cc1. The molecule has 1 amide bonds. The summed E-state index contributed by atoms with van der Waals surface area (Å²) >= 11 is 0. The van der Waals surface area contributed by atoms with Gasteiger partial charge in [-0.05, 0) is 48.2 Å². The lowest BCUT2D eigenvalue weighted by Crippen LogP contribution is -2.41. The van der Waals surface area contributed by atoms with Crippen LogP contribution in [0.4, 0.5) is 0 Å². The molecule has 2 aliphatic heterocycles. The third-order valence-electron chi connectivity index (χ3n) is 6.95. The molecule has 1 saturated heterocycles. The standard InChI is InChI=1S/C28H36N2O7/c1-4-6-13-30(37-14-5-2)25(31)17-29-16-22(20-9-12-23-24(15-20)36-18-35-23)26(28(32)33)27(29)19-7-10-21(34-3)11-8-19/h7-12,15,22,26-27H,4-6,13-14,16-18H2,1-3H3,(H,32,33)/t22?,26-,27+/m0/s1. The van der Waals surface area contributed by atoms with E-state index in [9.17, 15) is 14.7 Å². The maximum absolute atomic E-state index is 13.4. The van der Waals surface area contributed by atoms with Gasteiger partial charge < -0.3 is 19.3 Å². The number of ether oxygens (including phenoxy) is 3. The van der Waals surface area contributed by atoms with Crippen molar-refractivity contribution < 1.29 is 33.7 Å². The minimum absolute atomic E-state index is 0.0506. The van der Waals surface area contributed by atoms with Gasteiger partial charge in [-0.25, -0.2) is 5.06 Å². The van der Waals surface area contributed by atoms with Gasteiger partial charge in [0.1, 0.15) is 5.75 Å². The number of amides is 1. The fraction of sp³-hybridized carbons (Fsp3) is 0.500. The molecular formula is C28H36N2O7. The molecule has 2 aromatic rings. The van der Waals surface area contributed by atoms with Crippen LogP contribution in [0.3, 0.4) is 0 Å². The largest absolute Gasteiger partial charge is 0.497 e. The topological polar surface area (TPSA) is 97.8 Å². The molecule has 2 aliphatic rings. The van der Waals surface area contributed by atoms with Crippen molar-refractivity contribution >= 4 is 11.9 Å². The number of rotatable bonds is 12. The van der Waals surface area contributed by atoms with Crippen LogP contribution in [0.15, 0.2) is 42.5 Å². The summed E-state index contributed by atoms with van der Waals surface area (Å²) in [7, 11) is 1.59. The van der Waals surface area contributed by atoms with E-state index < -0.39 is 17.9 Å². The summed E-state index contributed by atoms with van der Waals surface area (Å²) in [5.41, 5.74) is 1.66. The van der Waals surface area contributed by atoms with Gasteiger partial charge >= 0.3 is 5.97 Å². The summed E-state index contributed by atoms with van der Waals surface area (Å²) in [6.45, 7) is 5.61. The number of carboxylic acid groups (broad SMARTS) is 1. The van der Waals surface area contributed by atoms with Crippen molar-refractivity contribution in [3.63, 3.8) is 0 Å². The second kappa shape index (κ2) is 12.3. The molecule has 0 bridgehead atoms. The smallest absolute Gasteiger partial charge is 0.309 e. The Morgan fingerprint density at radius 1 is 1.05 bits per heavy atom. The Balaban J connectivity index is 1.67. The van der Waals surface area contributed by atoms with Crippen molar-refractivity contribution in [1.29, 1.82) is 0 Å². The predicted octanol–water partition coefficient (Wildman–Crippen LogP) is 4.24. The van der Waals surface area contributed by atoms with Crippen LogP contribution < -0.4 is 14.2 Å². The van der Waals surface area contributed by atoms with Crippen LogP contribution in [0, 0.1) is 5.92 Å². The van der Waals surface area contributed by atoms with Gasteiger partial charge in [-0.15, -0.1) is 0 Å². The van der Waals surface area contributed by atoms with Gasteiger partial charge in [0.25, 0.3) is 5.91 Å². The fourth-order valence-corrected chi connectivity index (χ4v) is 5.09. The molecule has 0 aliphatic carbocycles. The number of methoxy groups -OCH3 is 1. The monoisotopic (exact) mass is 512 g/mol. The van der Waals surface area contributed by atoms with Crippen molar-refractivity contribution in [3.8, 4) is 17.2 Å². The quantitative estimate of drug-likeness (QED) is 0.422. The Morgan fingerprint density at radius 3 is 2.46 bits per heavy atom. The lowest BCUT2D eigenvalue weighted by molar-refractivity contribution is -0.188. The van der Waals surface area contributed by atoms with Gasteiger partial charge in [0.05, 0.1) is 26.2 Å². The predicted molar refractivity (Wildman–Crippen MR) is 137 cm³/mol. The number of benzene rings is 2. The molecule has 0 spiro atoms. The van der Waals surface area contributed by atoms with Gasteiger partial charge in [0.2, 0.25) is 6.79 Å². The second-order valence-corrected chi connectivity index (χ2v) is 9.41. The molecule has 2 aromatic carbocycles. The number of aliphatic carboxylic acids is 1. The van der Waals surface area contributed by atoms with Crippen LogP contribution in [0.25, 0.3) is 0 Å². The first kappa shape index (κ1) is 26.8. The number of carboxylic acids is 1. The number of carbonyl (C=O) groups is 2. The number of hydroxylamine groups is 2. The van der Waals surface area contributed by atoms with Crippen LogP contribution in [0.1, 0.15) is 56.2 Å². The van der Waals surface area contributed by atoms with E-state index in [0.29, 0.717) is 36.9 Å². The van der Waals surface area contributed by atoms with Gasteiger partial charge in [0.15, 0.2) is 11.5 Å². The second-order valence-electron chi connectivity index (χ2n) is 9.41. The highest BCUT2D eigenvalue weighted by molar-refractivity contribution is 5.78. The zero-order valence-electron chi connectivity index (χ0n) is 21.7. The summed E-state index contributed by atoms with van der Waals surface area (Å²) in [4.78, 5) is 33.9. The lowest BCUT2D eigenvalue weighted by Gasteiger charge is -2.29. The van der Waals surface area contributed by atoms with Gasteiger partial charge in [-0.3, -0.25) is 19.3 Å². The van der Waals surface area contributed by atoms with Crippen LogP contribution in [0.5, 0.6) is 17.2 Å².